The van der Waals surface area contributed by atoms with E-state index in [0.29, 0.717) is 24.8 Å². The molecular weight excluding hydrogens is 519 g/mol. The fourth-order valence-corrected chi connectivity index (χ4v) is 8.34. The number of hydrogen-bond donors (Lipinski definition) is 0. The third-order valence-electron chi connectivity index (χ3n) is 10.3. The highest BCUT2D eigenvalue weighted by Crippen LogP contribution is 2.72. The number of allylic oxidation sites excluding steroid dienone is 4. The van der Waals surface area contributed by atoms with Crippen LogP contribution in [0.25, 0.3) is 0 Å². The number of rotatable bonds is 8. The van der Waals surface area contributed by atoms with E-state index in [0.717, 1.165) is 0 Å². The summed E-state index contributed by atoms with van der Waals surface area (Å²) in [5, 5.41) is 0. The maximum Gasteiger partial charge on any atom is 0.306 e. The van der Waals surface area contributed by atoms with Crippen LogP contribution in [0.5, 0.6) is 0 Å². The lowest BCUT2D eigenvalue weighted by Crippen LogP contribution is -2.70. The summed E-state index contributed by atoms with van der Waals surface area (Å²) in [6.07, 6.45) is 4.49. The van der Waals surface area contributed by atoms with Crippen LogP contribution in [0.4, 0.5) is 4.39 Å². The van der Waals surface area contributed by atoms with E-state index in [1.807, 2.05) is 13.8 Å². The summed E-state index contributed by atoms with van der Waals surface area (Å²) < 4.78 is 35.3. The molecule has 8 nitrogen and oxygen atoms in total. The lowest BCUT2D eigenvalue weighted by Gasteiger charge is -2.63. The van der Waals surface area contributed by atoms with Gasteiger partial charge in [0.15, 0.2) is 23.7 Å². The molecule has 0 unspecified atom stereocenters. The molecule has 0 aromatic carbocycles. The Morgan fingerprint density at radius 3 is 2.27 bits per heavy atom. The Morgan fingerprint density at radius 1 is 1.00 bits per heavy atom. The average molecular weight is 561 g/mol. The highest BCUT2D eigenvalue weighted by atomic mass is 19.1. The van der Waals surface area contributed by atoms with Crippen molar-refractivity contribution >= 4 is 29.5 Å². The van der Waals surface area contributed by atoms with Crippen LogP contribution in [0, 0.1) is 28.6 Å². The van der Waals surface area contributed by atoms with Crippen molar-refractivity contribution in [2.75, 3.05) is 6.61 Å². The second-order valence-corrected chi connectivity index (χ2v) is 12.2. The molecule has 8 atom stereocenters. The van der Waals surface area contributed by atoms with E-state index in [9.17, 15) is 24.0 Å². The van der Waals surface area contributed by atoms with Gasteiger partial charge in [-0.25, -0.2) is 4.39 Å². The number of ether oxygens (including phenoxy) is 3. The van der Waals surface area contributed by atoms with E-state index in [1.165, 1.54) is 12.2 Å². The first-order valence-electron chi connectivity index (χ1n) is 14.5. The molecule has 0 aromatic heterocycles. The Morgan fingerprint density at radius 2 is 1.65 bits per heavy atom. The molecule has 3 fully saturated rings. The molecule has 0 saturated heterocycles. The highest BCUT2D eigenvalue weighted by molar-refractivity contribution is 6.01. The molecule has 0 bridgehead atoms. The number of Topliss-reactive ketones (excluding diaryl/α,β-unsaturated/α-hetero) is 1. The van der Waals surface area contributed by atoms with Gasteiger partial charge in [-0.3, -0.25) is 24.0 Å². The first kappa shape index (κ1) is 30.1. The van der Waals surface area contributed by atoms with Gasteiger partial charge in [0.1, 0.15) is 6.10 Å². The summed E-state index contributed by atoms with van der Waals surface area (Å²) in [4.78, 5) is 63.8. The van der Waals surface area contributed by atoms with Gasteiger partial charge in [0, 0.05) is 41.9 Å². The number of esters is 3. The van der Waals surface area contributed by atoms with Crippen LogP contribution in [-0.4, -0.2) is 53.5 Å². The molecule has 40 heavy (non-hydrogen) atoms. The quantitative estimate of drug-likeness (QED) is 0.308. The molecule has 9 heteroatoms. The third-order valence-corrected chi connectivity index (χ3v) is 10.3. The van der Waals surface area contributed by atoms with Gasteiger partial charge in [-0.1, -0.05) is 46.3 Å². The second-order valence-electron chi connectivity index (χ2n) is 12.2. The first-order valence-corrected chi connectivity index (χ1v) is 14.5. The molecule has 0 spiro atoms. The summed E-state index contributed by atoms with van der Waals surface area (Å²) in [5.41, 5.74) is -5.41. The zero-order valence-corrected chi connectivity index (χ0v) is 24.3. The average Bonchev–Trinajstić information content (AvgIpc) is 3.14. The first-order chi connectivity index (χ1) is 18.7. The maximum atomic E-state index is 18.1. The van der Waals surface area contributed by atoms with Gasteiger partial charge in [-0.05, 0) is 50.7 Å². The zero-order valence-electron chi connectivity index (χ0n) is 24.3. The van der Waals surface area contributed by atoms with Crippen molar-refractivity contribution < 1.29 is 42.6 Å². The Kier molecular flexibility index (Phi) is 7.93. The molecule has 4 aliphatic rings. The van der Waals surface area contributed by atoms with Crippen molar-refractivity contribution in [1.29, 1.82) is 0 Å². The number of halogens is 1. The van der Waals surface area contributed by atoms with E-state index >= 15 is 4.39 Å². The Hall–Kier alpha value is -2.84. The van der Waals surface area contributed by atoms with Gasteiger partial charge in [-0.15, -0.1) is 0 Å². The lowest BCUT2D eigenvalue weighted by atomic mass is 9.44. The van der Waals surface area contributed by atoms with E-state index in [1.54, 1.807) is 33.8 Å². The van der Waals surface area contributed by atoms with Crippen molar-refractivity contribution in [1.82, 2.24) is 0 Å². The predicted molar refractivity (Wildman–Crippen MR) is 142 cm³/mol. The van der Waals surface area contributed by atoms with Crippen LogP contribution in [0.3, 0.4) is 0 Å². The summed E-state index contributed by atoms with van der Waals surface area (Å²) in [6, 6.07) is 0. The number of fused-ring (bicyclic) bond motifs is 5. The molecule has 0 aliphatic heterocycles. The van der Waals surface area contributed by atoms with Crippen LogP contribution in [0.15, 0.2) is 23.8 Å². The number of ketones is 2. The Bertz CT molecular complexity index is 1170. The molecule has 0 amide bonds. The molecule has 0 radical (unpaired) electrons. The monoisotopic (exact) mass is 560 g/mol. The fourth-order valence-electron chi connectivity index (χ4n) is 8.34. The second kappa shape index (κ2) is 10.5. The van der Waals surface area contributed by atoms with Crippen LogP contribution in [0.2, 0.25) is 0 Å². The summed E-state index contributed by atoms with van der Waals surface area (Å²) in [7, 11) is 0. The van der Waals surface area contributed by atoms with Gasteiger partial charge in [-0.2, -0.15) is 0 Å². The molecule has 0 N–H and O–H groups in total. The minimum atomic E-state index is -2.06. The number of carbonyl (C=O) groups is 5. The van der Waals surface area contributed by atoms with Crippen molar-refractivity contribution in [2.45, 2.75) is 104 Å². The van der Waals surface area contributed by atoms with Gasteiger partial charge in [0.05, 0.1) is 0 Å². The fraction of sp³-hybridized carbons (Fsp3) is 0.710. The minimum Gasteiger partial charge on any atom is -0.459 e. The molecule has 0 aromatic rings. The number of hydrogen-bond acceptors (Lipinski definition) is 8. The molecule has 0 heterocycles. The molecule has 4 rings (SSSR count). The van der Waals surface area contributed by atoms with Crippen LogP contribution in [-0.2, 0) is 38.2 Å². The topological polar surface area (TPSA) is 113 Å². The van der Waals surface area contributed by atoms with Crippen molar-refractivity contribution in [3.8, 4) is 0 Å². The maximum absolute atomic E-state index is 18.1. The van der Waals surface area contributed by atoms with Crippen molar-refractivity contribution in [2.24, 2.45) is 28.6 Å². The van der Waals surface area contributed by atoms with E-state index in [4.69, 9.17) is 14.2 Å². The molecule has 4 aliphatic carbocycles. The van der Waals surface area contributed by atoms with Crippen molar-refractivity contribution in [3.63, 3.8) is 0 Å². The van der Waals surface area contributed by atoms with E-state index in [2.05, 4.69) is 0 Å². The van der Waals surface area contributed by atoms with E-state index in [-0.39, 0.29) is 31.5 Å². The summed E-state index contributed by atoms with van der Waals surface area (Å²) in [6.45, 7) is 9.68. The lowest BCUT2D eigenvalue weighted by molar-refractivity contribution is -0.236. The Labute approximate surface area is 235 Å². The van der Waals surface area contributed by atoms with Crippen LogP contribution < -0.4 is 0 Å². The summed E-state index contributed by atoms with van der Waals surface area (Å²) in [5.74, 6) is -4.06. The molecule has 3 saturated carbocycles. The Balaban J connectivity index is 1.88. The van der Waals surface area contributed by atoms with Gasteiger partial charge in [0.2, 0.25) is 5.78 Å². The number of carbonyl (C=O) groups excluding carboxylic acids is 5. The normalized spacial score (nSPS) is 39.8. The number of alkyl halides is 1. The van der Waals surface area contributed by atoms with Crippen LogP contribution >= 0.6 is 0 Å². The standard InChI is InChI=1S/C31H41FO8/c1-7-25(35)38-17-23(34)31(40-27(37)9-3)18(4)14-22-21-11-10-19-15-20(33)12-13-28(19,5)30(21,32)24(16-29(22,31)6)39-26(36)8-2/h12-13,15,18,21-22,24H,7-11,14,16-17H2,1-6H3/t18-,21-,22-,24+,28+,29+,30+,31+/m1/s1. The van der Waals surface area contributed by atoms with Crippen LogP contribution in [0.1, 0.15) is 86.5 Å². The third kappa shape index (κ3) is 4.17. The zero-order chi connectivity index (χ0) is 29.7. The van der Waals surface area contributed by atoms with Gasteiger partial charge >= 0.3 is 17.9 Å². The SMILES string of the molecule is CCC(=O)OCC(=O)[C@@]1(OC(=O)CC)[C@H](C)C[C@@H]2[C@H]3CCC4=CC(=O)C=C[C@]4(C)[C@@]3(F)[C@@H](OC(=O)CC)C[C@@]21C. The molecular formula is C31H41FO8. The van der Waals surface area contributed by atoms with Gasteiger partial charge in [0.25, 0.3) is 0 Å². The van der Waals surface area contributed by atoms with Gasteiger partial charge < -0.3 is 14.2 Å². The smallest absolute Gasteiger partial charge is 0.306 e. The predicted octanol–water partition coefficient (Wildman–Crippen LogP) is 4.78. The van der Waals surface area contributed by atoms with Crippen molar-refractivity contribution in [3.05, 3.63) is 23.8 Å². The molecule has 220 valence electrons. The minimum absolute atomic E-state index is 0.0209. The largest absolute Gasteiger partial charge is 0.459 e. The highest BCUT2D eigenvalue weighted by Gasteiger charge is 2.78. The van der Waals surface area contributed by atoms with E-state index < -0.39 is 76.3 Å². The summed E-state index contributed by atoms with van der Waals surface area (Å²) >= 11 is 0.